The van der Waals surface area contributed by atoms with E-state index in [0.29, 0.717) is 30.4 Å². The second-order valence-corrected chi connectivity index (χ2v) is 5.26. The maximum absolute atomic E-state index is 11.9. The Bertz CT molecular complexity index is 702. The lowest BCUT2D eigenvalue weighted by molar-refractivity contribution is 0.0950. The third-order valence-electron chi connectivity index (χ3n) is 3.30. The summed E-state index contributed by atoms with van der Waals surface area (Å²) in [5.74, 6) is 1.02. The number of carbonyl (C=O) groups is 1. The van der Waals surface area contributed by atoms with Gasteiger partial charge in [0, 0.05) is 6.20 Å². The van der Waals surface area contributed by atoms with E-state index < -0.39 is 0 Å². The van der Waals surface area contributed by atoms with Crippen molar-refractivity contribution in [1.82, 2.24) is 10.4 Å². The van der Waals surface area contributed by atoms with Crippen LogP contribution < -0.4 is 14.9 Å². The van der Waals surface area contributed by atoms with Crippen LogP contribution in [0, 0.1) is 0 Å². The molecule has 2 aromatic rings. The summed E-state index contributed by atoms with van der Waals surface area (Å²) in [5, 5.41) is 3.96. The second-order valence-electron chi connectivity index (χ2n) is 5.26. The Balaban J connectivity index is 2.01. The molecule has 6 nitrogen and oxygen atoms in total. The zero-order valence-corrected chi connectivity index (χ0v) is 14.6. The van der Waals surface area contributed by atoms with Gasteiger partial charge in [-0.25, -0.2) is 5.43 Å². The maximum atomic E-state index is 11.9. The standard InChI is InChI=1S/C19H23N3O3/c1-3-5-12-25-17-10-9-15(13-18(17)24-4-2)14-21-22-19(23)16-8-6-7-11-20-16/h6-11,13-14H,3-5,12H2,1-2H3,(H,22,23)/b21-14+. The number of benzene rings is 1. The van der Waals surface area contributed by atoms with Gasteiger partial charge in [0.15, 0.2) is 11.5 Å². The lowest BCUT2D eigenvalue weighted by Crippen LogP contribution is -2.18. The van der Waals surface area contributed by atoms with Crippen molar-refractivity contribution >= 4 is 12.1 Å². The summed E-state index contributed by atoms with van der Waals surface area (Å²) in [6.45, 7) is 5.24. The zero-order chi connectivity index (χ0) is 17.9. The lowest BCUT2D eigenvalue weighted by atomic mass is 10.2. The Morgan fingerprint density at radius 1 is 1.20 bits per heavy atom. The highest BCUT2D eigenvalue weighted by atomic mass is 16.5. The number of carbonyl (C=O) groups excluding carboxylic acids is 1. The monoisotopic (exact) mass is 341 g/mol. The van der Waals surface area contributed by atoms with E-state index in [-0.39, 0.29) is 5.91 Å². The smallest absolute Gasteiger partial charge is 0.289 e. The molecular formula is C19H23N3O3. The average Bonchev–Trinajstić information content (AvgIpc) is 2.64. The first-order chi connectivity index (χ1) is 12.2. The molecule has 0 aliphatic heterocycles. The Morgan fingerprint density at radius 3 is 2.80 bits per heavy atom. The Hall–Kier alpha value is -2.89. The van der Waals surface area contributed by atoms with E-state index in [1.54, 1.807) is 30.6 Å². The van der Waals surface area contributed by atoms with Gasteiger partial charge in [-0.05, 0) is 49.2 Å². The number of rotatable bonds is 9. The van der Waals surface area contributed by atoms with Crippen molar-refractivity contribution in [2.24, 2.45) is 5.10 Å². The van der Waals surface area contributed by atoms with Gasteiger partial charge in [0.05, 0.1) is 19.4 Å². The van der Waals surface area contributed by atoms with Crippen LogP contribution in [-0.2, 0) is 0 Å². The van der Waals surface area contributed by atoms with Gasteiger partial charge >= 0.3 is 0 Å². The van der Waals surface area contributed by atoms with Crippen LogP contribution in [0.1, 0.15) is 42.7 Å². The molecule has 0 spiro atoms. The van der Waals surface area contributed by atoms with Gasteiger partial charge < -0.3 is 9.47 Å². The molecule has 6 heteroatoms. The molecule has 1 aromatic heterocycles. The number of hydrogen-bond acceptors (Lipinski definition) is 5. The van der Waals surface area contributed by atoms with Crippen LogP contribution in [0.15, 0.2) is 47.7 Å². The quantitative estimate of drug-likeness (QED) is 0.431. The number of hydrazone groups is 1. The Morgan fingerprint density at radius 2 is 2.08 bits per heavy atom. The van der Waals surface area contributed by atoms with E-state index in [9.17, 15) is 4.79 Å². The molecule has 1 heterocycles. The molecule has 1 amide bonds. The number of pyridine rings is 1. The van der Waals surface area contributed by atoms with Crippen LogP contribution >= 0.6 is 0 Å². The first-order valence-electron chi connectivity index (χ1n) is 8.38. The zero-order valence-electron chi connectivity index (χ0n) is 14.6. The fourth-order valence-corrected chi connectivity index (χ4v) is 2.04. The molecule has 0 radical (unpaired) electrons. The molecule has 1 aromatic carbocycles. The second kappa shape index (κ2) is 10.1. The summed E-state index contributed by atoms with van der Waals surface area (Å²) in [4.78, 5) is 15.8. The summed E-state index contributed by atoms with van der Waals surface area (Å²) in [7, 11) is 0. The molecule has 0 atom stereocenters. The molecule has 0 fully saturated rings. The van der Waals surface area contributed by atoms with Crippen molar-refractivity contribution in [2.45, 2.75) is 26.7 Å². The van der Waals surface area contributed by atoms with E-state index in [1.165, 1.54) is 0 Å². The number of aromatic nitrogens is 1. The minimum atomic E-state index is -0.360. The maximum Gasteiger partial charge on any atom is 0.289 e. The van der Waals surface area contributed by atoms with E-state index in [1.807, 2.05) is 25.1 Å². The lowest BCUT2D eigenvalue weighted by Gasteiger charge is -2.12. The fourth-order valence-electron chi connectivity index (χ4n) is 2.04. The predicted molar refractivity (Wildman–Crippen MR) is 97.3 cm³/mol. The molecule has 0 saturated heterocycles. The summed E-state index contributed by atoms with van der Waals surface area (Å²) in [5.41, 5.74) is 3.56. The largest absolute Gasteiger partial charge is 0.490 e. The van der Waals surface area contributed by atoms with Crippen LogP contribution in [0.25, 0.3) is 0 Å². The van der Waals surface area contributed by atoms with Gasteiger partial charge in [-0.3, -0.25) is 9.78 Å². The van der Waals surface area contributed by atoms with Crippen molar-refractivity contribution in [1.29, 1.82) is 0 Å². The van der Waals surface area contributed by atoms with Crippen molar-refractivity contribution in [3.63, 3.8) is 0 Å². The minimum Gasteiger partial charge on any atom is -0.490 e. The average molecular weight is 341 g/mol. The molecule has 0 bridgehead atoms. The van der Waals surface area contributed by atoms with Gasteiger partial charge in [0.1, 0.15) is 5.69 Å². The molecule has 1 N–H and O–H groups in total. The first kappa shape index (κ1) is 18.4. The van der Waals surface area contributed by atoms with Gasteiger partial charge in [0.25, 0.3) is 5.91 Å². The van der Waals surface area contributed by atoms with E-state index in [2.05, 4.69) is 22.4 Å². The van der Waals surface area contributed by atoms with E-state index in [4.69, 9.17) is 9.47 Å². The predicted octanol–water partition coefficient (Wildman–Crippen LogP) is 3.42. The fraction of sp³-hybridized carbons (Fsp3) is 0.316. The van der Waals surface area contributed by atoms with Crippen LogP contribution in [-0.4, -0.2) is 30.3 Å². The Kier molecular flexibility index (Phi) is 7.43. The summed E-state index contributed by atoms with van der Waals surface area (Å²) < 4.78 is 11.4. The van der Waals surface area contributed by atoms with E-state index >= 15 is 0 Å². The number of ether oxygens (including phenoxy) is 2. The number of hydrogen-bond donors (Lipinski definition) is 1. The van der Waals surface area contributed by atoms with Crippen molar-refractivity contribution in [2.75, 3.05) is 13.2 Å². The summed E-state index contributed by atoms with van der Waals surface area (Å²) >= 11 is 0. The SMILES string of the molecule is CCCCOc1ccc(/C=N/NC(=O)c2ccccn2)cc1OCC. The summed E-state index contributed by atoms with van der Waals surface area (Å²) in [6.07, 6.45) is 5.18. The van der Waals surface area contributed by atoms with Crippen molar-refractivity contribution in [3.8, 4) is 11.5 Å². The Labute approximate surface area is 147 Å². The normalized spacial score (nSPS) is 10.6. The van der Waals surface area contributed by atoms with Gasteiger partial charge in [-0.1, -0.05) is 19.4 Å². The van der Waals surface area contributed by atoms with Gasteiger partial charge in [-0.15, -0.1) is 0 Å². The number of unbranched alkanes of at least 4 members (excludes halogenated alkanes) is 1. The number of amides is 1. The summed E-state index contributed by atoms with van der Waals surface area (Å²) in [6, 6.07) is 10.7. The molecule has 2 rings (SSSR count). The van der Waals surface area contributed by atoms with Gasteiger partial charge in [-0.2, -0.15) is 5.10 Å². The molecule has 25 heavy (non-hydrogen) atoms. The van der Waals surface area contributed by atoms with E-state index in [0.717, 1.165) is 18.4 Å². The molecule has 0 aliphatic rings. The van der Waals surface area contributed by atoms with Crippen LogP contribution in [0.2, 0.25) is 0 Å². The van der Waals surface area contributed by atoms with Crippen LogP contribution in [0.5, 0.6) is 11.5 Å². The number of nitrogens with zero attached hydrogens (tertiary/aromatic N) is 2. The highest BCUT2D eigenvalue weighted by Crippen LogP contribution is 2.28. The third kappa shape index (κ3) is 5.91. The van der Waals surface area contributed by atoms with Crippen LogP contribution in [0.3, 0.4) is 0 Å². The highest BCUT2D eigenvalue weighted by molar-refractivity contribution is 5.93. The van der Waals surface area contributed by atoms with Crippen molar-refractivity contribution in [3.05, 3.63) is 53.9 Å². The highest BCUT2D eigenvalue weighted by Gasteiger charge is 2.07. The molecule has 0 aliphatic carbocycles. The molecule has 0 saturated carbocycles. The number of nitrogens with one attached hydrogen (secondary N) is 1. The van der Waals surface area contributed by atoms with Crippen molar-refractivity contribution < 1.29 is 14.3 Å². The topological polar surface area (TPSA) is 72.8 Å². The molecular weight excluding hydrogens is 318 g/mol. The molecule has 0 unspecified atom stereocenters. The first-order valence-corrected chi connectivity index (χ1v) is 8.38. The molecule has 132 valence electrons. The minimum absolute atomic E-state index is 0.314. The van der Waals surface area contributed by atoms with Gasteiger partial charge in [0.2, 0.25) is 0 Å². The van der Waals surface area contributed by atoms with Crippen LogP contribution in [0.4, 0.5) is 0 Å². The third-order valence-corrected chi connectivity index (χ3v) is 3.30.